The topological polar surface area (TPSA) is 63.3 Å². The van der Waals surface area contributed by atoms with Gasteiger partial charge in [0.15, 0.2) is 5.58 Å². The van der Waals surface area contributed by atoms with E-state index in [0.29, 0.717) is 0 Å². The van der Waals surface area contributed by atoms with E-state index in [4.69, 9.17) is 21.1 Å². The summed E-state index contributed by atoms with van der Waals surface area (Å²) in [5.74, 6) is -3.05. The summed E-state index contributed by atoms with van der Waals surface area (Å²) in [6.07, 6.45) is 0. The van der Waals surface area contributed by atoms with Gasteiger partial charge in [0, 0.05) is 0 Å². The number of benzene rings is 2. The first-order chi connectivity index (χ1) is 9.97. The summed E-state index contributed by atoms with van der Waals surface area (Å²) in [4.78, 5) is 15.0. The zero-order valence-electron chi connectivity index (χ0n) is 10.2. The van der Waals surface area contributed by atoms with Crippen LogP contribution in [0.2, 0.25) is 5.02 Å². The van der Waals surface area contributed by atoms with Crippen LogP contribution in [0.25, 0.3) is 22.6 Å². The molecule has 106 valence electrons. The number of aromatic nitrogens is 1. The van der Waals surface area contributed by atoms with Gasteiger partial charge in [0.2, 0.25) is 5.89 Å². The Kier molecular flexibility index (Phi) is 3.10. The van der Waals surface area contributed by atoms with Gasteiger partial charge >= 0.3 is 5.97 Å². The van der Waals surface area contributed by atoms with Crippen LogP contribution in [0, 0.1) is 11.6 Å². The van der Waals surface area contributed by atoms with Gasteiger partial charge in [0.25, 0.3) is 0 Å². The Labute approximate surface area is 121 Å². The molecule has 0 saturated carbocycles. The summed E-state index contributed by atoms with van der Waals surface area (Å²) in [6, 6.07) is 5.96. The third-order valence-electron chi connectivity index (χ3n) is 2.89. The van der Waals surface area contributed by atoms with Crippen molar-refractivity contribution in [3.63, 3.8) is 0 Å². The molecule has 0 atom stereocenters. The van der Waals surface area contributed by atoms with Crippen LogP contribution in [0.1, 0.15) is 10.4 Å². The first-order valence-electron chi connectivity index (χ1n) is 5.75. The number of rotatable bonds is 2. The van der Waals surface area contributed by atoms with Crippen molar-refractivity contribution in [2.45, 2.75) is 0 Å². The molecule has 3 aromatic rings. The Hall–Kier alpha value is -2.47. The molecule has 0 fully saturated rings. The van der Waals surface area contributed by atoms with Crippen LogP contribution in [-0.4, -0.2) is 16.1 Å². The third-order valence-corrected chi connectivity index (χ3v) is 3.18. The predicted octanol–water partition coefficient (Wildman–Crippen LogP) is 4.12. The Morgan fingerprint density at radius 2 is 2.00 bits per heavy atom. The molecule has 0 unspecified atom stereocenters. The number of fused-ring (bicyclic) bond motifs is 1. The minimum atomic E-state index is -1.19. The summed E-state index contributed by atoms with van der Waals surface area (Å²) >= 11 is 5.48. The van der Waals surface area contributed by atoms with Crippen LogP contribution >= 0.6 is 11.6 Å². The van der Waals surface area contributed by atoms with Crippen LogP contribution in [0.4, 0.5) is 8.78 Å². The Balaban J connectivity index is 2.25. The lowest BCUT2D eigenvalue weighted by Crippen LogP contribution is -1.96. The molecule has 0 amide bonds. The second-order valence-electron chi connectivity index (χ2n) is 4.22. The van der Waals surface area contributed by atoms with Gasteiger partial charge in [-0.2, -0.15) is 0 Å². The summed E-state index contributed by atoms with van der Waals surface area (Å²) in [7, 11) is 0. The molecule has 0 spiro atoms. The first-order valence-corrected chi connectivity index (χ1v) is 6.13. The van der Waals surface area contributed by atoms with Crippen molar-refractivity contribution in [1.82, 2.24) is 4.98 Å². The van der Waals surface area contributed by atoms with E-state index < -0.39 is 17.6 Å². The quantitative estimate of drug-likeness (QED) is 0.723. The van der Waals surface area contributed by atoms with Crippen molar-refractivity contribution >= 4 is 28.7 Å². The average Bonchev–Trinajstić information content (AvgIpc) is 2.85. The van der Waals surface area contributed by atoms with Gasteiger partial charge in [0.1, 0.15) is 17.2 Å². The van der Waals surface area contributed by atoms with Gasteiger partial charge in [0.05, 0.1) is 16.1 Å². The van der Waals surface area contributed by atoms with Crippen molar-refractivity contribution in [2.75, 3.05) is 0 Å². The monoisotopic (exact) mass is 309 g/mol. The number of carboxylic acid groups (broad SMARTS) is 1. The van der Waals surface area contributed by atoms with Crippen LogP contribution in [0.3, 0.4) is 0 Å². The summed E-state index contributed by atoms with van der Waals surface area (Å²) in [5.41, 5.74) is -0.0869. The number of nitrogens with zero attached hydrogens (tertiary/aromatic N) is 1. The van der Waals surface area contributed by atoms with Crippen LogP contribution < -0.4 is 0 Å². The molecule has 7 heteroatoms. The van der Waals surface area contributed by atoms with E-state index in [0.717, 1.165) is 12.1 Å². The highest BCUT2D eigenvalue weighted by Crippen LogP contribution is 2.30. The largest absolute Gasteiger partial charge is 0.478 e. The van der Waals surface area contributed by atoms with Crippen LogP contribution in [-0.2, 0) is 0 Å². The van der Waals surface area contributed by atoms with E-state index in [-0.39, 0.29) is 33.1 Å². The van der Waals surface area contributed by atoms with Gasteiger partial charge in [-0.1, -0.05) is 17.7 Å². The molecule has 0 bridgehead atoms. The number of halogens is 3. The fourth-order valence-corrected chi connectivity index (χ4v) is 2.07. The maximum atomic E-state index is 13.8. The van der Waals surface area contributed by atoms with Crippen LogP contribution in [0.5, 0.6) is 0 Å². The number of carbonyl (C=O) groups is 1. The van der Waals surface area contributed by atoms with E-state index in [9.17, 15) is 13.6 Å². The maximum absolute atomic E-state index is 13.8. The minimum absolute atomic E-state index is 0.0646. The first kappa shape index (κ1) is 13.5. The predicted molar refractivity (Wildman–Crippen MR) is 71.3 cm³/mol. The molecule has 1 aromatic heterocycles. The summed E-state index contributed by atoms with van der Waals surface area (Å²) in [5, 5.41) is 8.70. The third kappa shape index (κ3) is 2.23. The van der Waals surface area contributed by atoms with Gasteiger partial charge in [-0.15, -0.1) is 0 Å². The fraction of sp³-hybridized carbons (Fsp3) is 0. The lowest BCUT2D eigenvalue weighted by atomic mass is 10.2. The molecular formula is C14H6ClF2NO3. The molecule has 3 rings (SSSR count). The number of aromatic carboxylic acids is 1. The lowest BCUT2D eigenvalue weighted by molar-refractivity contribution is 0.0699. The number of carboxylic acids is 1. The normalized spacial score (nSPS) is 11.0. The maximum Gasteiger partial charge on any atom is 0.338 e. The zero-order chi connectivity index (χ0) is 15.1. The number of para-hydroxylation sites is 1. The van der Waals surface area contributed by atoms with Crippen molar-refractivity contribution in [2.24, 2.45) is 0 Å². The van der Waals surface area contributed by atoms with Crippen molar-refractivity contribution in [3.8, 4) is 11.5 Å². The lowest BCUT2D eigenvalue weighted by Gasteiger charge is -2.00. The van der Waals surface area contributed by atoms with Gasteiger partial charge in [-0.25, -0.2) is 18.6 Å². The molecule has 2 aromatic carbocycles. The van der Waals surface area contributed by atoms with Crippen molar-refractivity contribution in [1.29, 1.82) is 0 Å². The molecule has 0 saturated heterocycles. The van der Waals surface area contributed by atoms with Crippen molar-refractivity contribution in [3.05, 3.63) is 52.6 Å². The second kappa shape index (κ2) is 4.82. The number of oxazole rings is 1. The Bertz CT molecular complexity index is 876. The molecule has 0 aliphatic rings. The standard InChI is InChI=1S/C14H6ClF2NO3/c15-8-5-9(16)7(4-10(8)17)13-18-12-6(14(19)20)2-1-3-11(12)21-13/h1-5H,(H,19,20). The molecule has 0 radical (unpaired) electrons. The molecule has 1 heterocycles. The van der Waals surface area contributed by atoms with E-state index in [1.807, 2.05) is 0 Å². The van der Waals surface area contributed by atoms with Gasteiger partial charge in [-0.05, 0) is 24.3 Å². The molecule has 4 nitrogen and oxygen atoms in total. The minimum Gasteiger partial charge on any atom is -0.478 e. The van der Waals surface area contributed by atoms with Gasteiger partial charge in [-0.3, -0.25) is 0 Å². The molecule has 0 aliphatic heterocycles. The summed E-state index contributed by atoms with van der Waals surface area (Å²) < 4.78 is 32.6. The summed E-state index contributed by atoms with van der Waals surface area (Å²) in [6.45, 7) is 0. The SMILES string of the molecule is O=C(O)c1cccc2oc(-c3cc(F)c(Cl)cc3F)nc12. The number of hydrogen-bond acceptors (Lipinski definition) is 3. The molecular weight excluding hydrogens is 304 g/mol. The Morgan fingerprint density at radius 3 is 2.71 bits per heavy atom. The highest BCUT2D eigenvalue weighted by atomic mass is 35.5. The molecule has 21 heavy (non-hydrogen) atoms. The highest BCUT2D eigenvalue weighted by Gasteiger charge is 2.19. The van der Waals surface area contributed by atoms with Crippen molar-refractivity contribution < 1.29 is 23.1 Å². The van der Waals surface area contributed by atoms with E-state index >= 15 is 0 Å². The second-order valence-corrected chi connectivity index (χ2v) is 4.63. The highest BCUT2D eigenvalue weighted by molar-refractivity contribution is 6.30. The average molecular weight is 310 g/mol. The fourth-order valence-electron chi connectivity index (χ4n) is 1.92. The Morgan fingerprint density at radius 1 is 1.24 bits per heavy atom. The van der Waals surface area contributed by atoms with E-state index in [2.05, 4.69) is 4.98 Å². The van der Waals surface area contributed by atoms with Gasteiger partial charge < -0.3 is 9.52 Å². The number of hydrogen-bond donors (Lipinski definition) is 1. The molecule has 0 aliphatic carbocycles. The van der Waals surface area contributed by atoms with E-state index in [1.54, 1.807) is 0 Å². The van der Waals surface area contributed by atoms with E-state index in [1.165, 1.54) is 18.2 Å². The van der Waals surface area contributed by atoms with Crippen LogP contribution in [0.15, 0.2) is 34.7 Å². The smallest absolute Gasteiger partial charge is 0.338 e. The zero-order valence-corrected chi connectivity index (χ0v) is 11.0. The molecule has 1 N–H and O–H groups in total.